The number of hydrogen-bond acceptors (Lipinski definition) is 3. The number of carbonyl (C=O) groups is 2. The quantitative estimate of drug-likeness (QED) is 0.691. The Morgan fingerprint density at radius 3 is 2.54 bits per heavy atom. The summed E-state index contributed by atoms with van der Waals surface area (Å²) in [5, 5.41) is 11.2. The molecule has 0 aliphatic carbocycles. The maximum atomic E-state index is 11.6. The number of amides is 1. The minimum Gasteiger partial charge on any atom is -0.494 e. The van der Waals surface area contributed by atoms with Crippen molar-refractivity contribution in [2.45, 2.75) is 25.7 Å². The van der Waals surface area contributed by atoms with Gasteiger partial charge in [-0.05, 0) is 30.5 Å². The standard InChI is InChI=1S/C19H21NO4/c21-18(11-12-19(22)23)20-16-9-4-10-17(14-16)24-13-5-8-15-6-2-1-3-7-15/h1-4,6-7,9-10,14H,5,8,11-13H2,(H,20,21)(H,22,23). The van der Waals surface area contributed by atoms with E-state index in [2.05, 4.69) is 17.4 Å². The van der Waals surface area contributed by atoms with Gasteiger partial charge < -0.3 is 15.2 Å². The molecule has 0 atom stereocenters. The second kappa shape index (κ2) is 9.35. The first-order valence-electron chi connectivity index (χ1n) is 7.92. The Morgan fingerprint density at radius 2 is 1.79 bits per heavy atom. The van der Waals surface area contributed by atoms with Gasteiger partial charge in [0.15, 0.2) is 0 Å². The van der Waals surface area contributed by atoms with Crippen LogP contribution in [0.1, 0.15) is 24.8 Å². The zero-order valence-electron chi connectivity index (χ0n) is 13.4. The number of rotatable bonds is 9. The SMILES string of the molecule is O=C(O)CCC(=O)Nc1cccc(OCCCc2ccccc2)c1. The van der Waals surface area contributed by atoms with Crippen molar-refractivity contribution in [3.8, 4) is 5.75 Å². The van der Waals surface area contributed by atoms with E-state index >= 15 is 0 Å². The topological polar surface area (TPSA) is 75.6 Å². The number of benzene rings is 2. The van der Waals surface area contributed by atoms with Crippen LogP contribution < -0.4 is 10.1 Å². The fraction of sp³-hybridized carbons (Fsp3) is 0.263. The molecule has 5 nitrogen and oxygen atoms in total. The summed E-state index contributed by atoms with van der Waals surface area (Å²) in [6.45, 7) is 0.589. The molecule has 0 saturated carbocycles. The Hall–Kier alpha value is -2.82. The van der Waals surface area contributed by atoms with Crippen molar-refractivity contribution in [1.82, 2.24) is 0 Å². The normalized spacial score (nSPS) is 10.2. The van der Waals surface area contributed by atoms with Crippen LogP contribution in [0.25, 0.3) is 0 Å². The molecule has 0 aliphatic heterocycles. The number of anilines is 1. The molecule has 2 N–H and O–H groups in total. The Balaban J connectivity index is 1.75. The molecule has 0 unspecified atom stereocenters. The maximum absolute atomic E-state index is 11.6. The average Bonchev–Trinajstić information content (AvgIpc) is 2.58. The lowest BCUT2D eigenvalue weighted by Gasteiger charge is -2.09. The summed E-state index contributed by atoms with van der Waals surface area (Å²) in [5.74, 6) is -0.627. The van der Waals surface area contributed by atoms with Gasteiger partial charge in [0.1, 0.15) is 5.75 Å². The van der Waals surface area contributed by atoms with Crippen molar-refractivity contribution in [3.63, 3.8) is 0 Å². The van der Waals surface area contributed by atoms with Gasteiger partial charge in [0, 0.05) is 18.2 Å². The van der Waals surface area contributed by atoms with E-state index in [0.29, 0.717) is 18.0 Å². The zero-order chi connectivity index (χ0) is 17.2. The number of hydrogen-bond donors (Lipinski definition) is 2. The highest BCUT2D eigenvalue weighted by molar-refractivity contribution is 5.92. The number of carboxylic acids is 1. The van der Waals surface area contributed by atoms with E-state index in [0.717, 1.165) is 12.8 Å². The third-order valence-corrected chi connectivity index (χ3v) is 3.41. The summed E-state index contributed by atoms with van der Waals surface area (Å²) in [6.07, 6.45) is 1.63. The van der Waals surface area contributed by atoms with Gasteiger partial charge in [0.25, 0.3) is 0 Å². The Labute approximate surface area is 141 Å². The van der Waals surface area contributed by atoms with Crippen LogP contribution in [0.3, 0.4) is 0 Å². The van der Waals surface area contributed by atoms with Crippen LogP contribution in [0.5, 0.6) is 5.75 Å². The second-order valence-corrected chi connectivity index (χ2v) is 5.41. The first-order valence-corrected chi connectivity index (χ1v) is 7.92. The number of aryl methyl sites for hydroxylation is 1. The van der Waals surface area contributed by atoms with Crippen molar-refractivity contribution in [2.24, 2.45) is 0 Å². The molecule has 0 heterocycles. The number of aliphatic carboxylic acids is 1. The molecule has 1 amide bonds. The van der Waals surface area contributed by atoms with Crippen molar-refractivity contribution in [2.75, 3.05) is 11.9 Å². The molecule has 0 aliphatic rings. The summed E-state index contributed by atoms with van der Waals surface area (Å²) >= 11 is 0. The minimum absolute atomic E-state index is 0.0442. The molecule has 0 fully saturated rings. The molecule has 2 rings (SSSR count). The highest BCUT2D eigenvalue weighted by atomic mass is 16.5. The van der Waals surface area contributed by atoms with Gasteiger partial charge in [0.2, 0.25) is 5.91 Å². The van der Waals surface area contributed by atoms with E-state index in [1.807, 2.05) is 24.3 Å². The van der Waals surface area contributed by atoms with Crippen LogP contribution >= 0.6 is 0 Å². The summed E-state index contributed by atoms with van der Waals surface area (Å²) in [6, 6.07) is 17.3. The predicted molar refractivity (Wildman–Crippen MR) is 92.2 cm³/mol. The summed E-state index contributed by atoms with van der Waals surface area (Å²) < 4.78 is 5.70. The van der Waals surface area contributed by atoms with Crippen LogP contribution in [-0.4, -0.2) is 23.6 Å². The second-order valence-electron chi connectivity index (χ2n) is 5.41. The molecule has 0 spiro atoms. The lowest BCUT2D eigenvalue weighted by atomic mass is 10.1. The van der Waals surface area contributed by atoms with Gasteiger partial charge in [-0.15, -0.1) is 0 Å². The van der Waals surface area contributed by atoms with Crippen molar-refractivity contribution >= 4 is 17.6 Å². The molecular weight excluding hydrogens is 306 g/mol. The molecule has 126 valence electrons. The summed E-state index contributed by atoms with van der Waals surface area (Å²) in [5.41, 5.74) is 1.88. The molecule has 0 radical (unpaired) electrons. The minimum atomic E-state index is -0.986. The highest BCUT2D eigenvalue weighted by Gasteiger charge is 2.06. The highest BCUT2D eigenvalue weighted by Crippen LogP contribution is 2.18. The first kappa shape index (κ1) is 17.5. The molecule has 5 heteroatoms. The number of nitrogens with one attached hydrogen (secondary N) is 1. The fourth-order valence-electron chi connectivity index (χ4n) is 2.22. The molecule has 0 bridgehead atoms. The third-order valence-electron chi connectivity index (χ3n) is 3.41. The Morgan fingerprint density at radius 1 is 1.00 bits per heavy atom. The Kier molecular flexibility index (Phi) is 6.83. The van der Waals surface area contributed by atoms with Crippen LogP contribution in [0.15, 0.2) is 54.6 Å². The van der Waals surface area contributed by atoms with Crippen LogP contribution in [0.2, 0.25) is 0 Å². The van der Waals surface area contributed by atoms with E-state index in [1.165, 1.54) is 5.56 Å². The number of carboxylic acid groups (broad SMARTS) is 1. The molecule has 2 aromatic rings. The molecule has 24 heavy (non-hydrogen) atoms. The zero-order valence-corrected chi connectivity index (χ0v) is 13.4. The van der Waals surface area contributed by atoms with Crippen molar-refractivity contribution in [1.29, 1.82) is 0 Å². The third kappa shape index (κ3) is 6.52. The van der Waals surface area contributed by atoms with E-state index < -0.39 is 5.97 Å². The smallest absolute Gasteiger partial charge is 0.303 e. The molecular formula is C19H21NO4. The lowest BCUT2D eigenvalue weighted by molar-refractivity contribution is -0.138. The molecule has 2 aromatic carbocycles. The van der Waals surface area contributed by atoms with Crippen molar-refractivity contribution < 1.29 is 19.4 Å². The van der Waals surface area contributed by atoms with Crippen LogP contribution in [0.4, 0.5) is 5.69 Å². The van der Waals surface area contributed by atoms with Crippen molar-refractivity contribution in [3.05, 3.63) is 60.2 Å². The van der Waals surface area contributed by atoms with Gasteiger partial charge in [-0.3, -0.25) is 9.59 Å². The Bertz CT molecular complexity index is 670. The summed E-state index contributed by atoms with van der Waals surface area (Å²) in [4.78, 5) is 22.1. The number of carbonyl (C=O) groups excluding carboxylic acids is 1. The van der Waals surface area contributed by atoms with Gasteiger partial charge in [-0.1, -0.05) is 36.4 Å². The summed E-state index contributed by atoms with van der Waals surface area (Å²) in [7, 11) is 0. The van der Waals surface area contributed by atoms with E-state index in [9.17, 15) is 9.59 Å². The monoisotopic (exact) mass is 327 g/mol. The molecule has 0 aromatic heterocycles. The van der Waals surface area contributed by atoms with Gasteiger partial charge in [0.05, 0.1) is 13.0 Å². The van der Waals surface area contributed by atoms with E-state index in [1.54, 1.807) is 18.2 Å². The first-order chi connectivity index (χ1) is 11.6. The van der Waals surface area contributed by atoms with Crippen LogP contribution in [0, 0.1) is 0 Å². The maximum Gasteiger partial charge on any atom is 0.303 e. The average molecular weight is 327 g/mol. The molecule has 0 saturated heterocycles. The van der Waals surface area contributed by atoms with E-state index in [4.69, 9.17) is 9.84 Å². The van der Waals surface area contributed by atoms with Gasteiger partial charge in [-0.2, -0.15) is 0 Å². The van der Waals surface area contributed by atoms with Gasteiger partial charge >= 0.3 is 5.97 Å². The number of ether oxygens (including phenoxy) is 1. The lowest BCUT2D eigenvalue weighted by Crippen LogP contribution is -2.13. The largest absolute Gasteiger partial charge is 0.494 e. The fourth-order valence-corrected chi connectivity index (χ4v) is 2.22. The van der Waals surface area contributed by atoms with E-state index in [-0.39, 0.29) is 18.7 Å². The van der Waals surface area contributed by atoms with Gasteiger partial charge in [-0.25, -0.2) is 0 Å². The van der Waals surface area contributed by atoms with Crippen LogP contribution in [-0.2, 0) is 16.0 Å². The predicted octanol–water partition coefficient (Wildman–Crippen LogP) is 3.50.